The minimum absolute atomic E-state index is 0.0151. The average Bonchev–Trinajstić information content (AvgIpc) is 2.42. The Morgan fingerprint density at radius 3 is 2.32 bits per heavy atom. The van der Waals surface area contributed by atoms with Gasteiger partial charge in [-0.25, -0.2) is 0 Å². The molecule has 0 aliphatic heterocycles. The summed E-state index contributed by atoms with van der Waals surface area (Å²) in [7, 11) is 0. The van der Waals surface area contributed by atoms with Crippen LogP contribution in [0.1, 0.15) is 45.4 Å². The Balaban J connectivity index is 1.85. The second-order valence-corrected chi connectivity index (χ2v) is 5.40. The van der Waals surface area contributed by atoms with Crippen LogP contribution in [0.25, 0.3) is 0 Å². The number of rotatable bonds is 6. The van der Waals surface area contributed by atoms with Crippen molar-refractivity contribution in [3.05, 3.63) is 24.3 Å². The minimum atomic E-state index is -0.0151. The van der Waals surface area contributed by atoms with E-state index in [1.54, 1.807) is 0 Å². The Morgan fingerprint density at radius 2 is 1.68 bits per heavy atom. The number of nitrogens with two attached hydrogens (primary N) is 1. The van der Waals surface area contributed by atoms with Crippen molar-refractivity contribution < 1.29 is 9.47 Å². The van der Waals surface area contributed by atoms with E-state index >= 15 is 0 Å². The van der Waals surface area contributed by atoms with Crippen molar-refractivity contribution in [2.75, 3.05) is 13.2 Å². The molecule has 0 spiro atoms. The summed E-state index contributed by atoms with van der Waals surface area (Å²) in [6, 6.07) is 7.83. The molecule has 2 rings (SSSR count). The summed E-state index contributed by atoms with van der Waals surface area (Å²) in [5.41, 5.74) is 6.39. The highest BCUT2D eigenvalue weighted by molar-refractivity contribution is 5.39. The summed E-state index contributed by atoms with van der Waals surface area (Å²) >= 11 is 0. The van der Waals surface area contributed by atoms with Crippen LogP contribution in [-0.4, -0.2) is 18.8 Å². The van der Waals surface area contributed by atoms with Gasteiger partial charge in [-0.15, -0.1) is 0 Å². The van der Waals surface area contributed by atoms with Gasteiger partial charge in [0.25, 0.3) is 0 Å². The maximum absolute atomic E-state index is 6.41. The molecule has 0 atom stereocenters. The summed E-state index contributed by atoms with van der Waals surface area (Å²) in [5.74, 6) is 1.64. The molecule has 0 bridgehead atoms. The van der Waals surface area contributed by atoms with Crippen molar-refractivity contribution in [3.8, 4) is 11.5 Å². The van der Waals surface area contributed by atoms with E-state index in [1.807, 2.05) is 31.2 Å². The van der Waals surface area contributed by atoms with Crippen LogP contribution in [0.3, 0.4) is 0 Å². The van der Waals surface area contributed by atoms with Crippen molar-refractivity contribution in [3.63, 3.8) is 0 Å². The van der Waals surface area contributed by atoms with Crippen LogP contribution in [-0.2, 0) is 0 Å². The molecular formula is C16H25NO2. The number of hydrogen-bond donors (Lipinski definition) is 1. The molecule has 0 unspecified atom stereocenters. The number of para-hydroxylation sites is 2. The molecule has 1 aliphatic carbocycles. The van der Waals surface area contributed by atoms with Gasteiger partial charge in [-0.2, -0.15) is 0 Å². The molecule has 106 valence electrons. The summed E-state index contributed by atoms with van der Waals surface area (Å²) in [6.45, 7) is 3.30. The third-order valence-electron chi connectivity index (χ3n) is 3.86. The van der Waals surface area contributed by atoms with Crippen LogP contribution in [0.2, 0.25) is 0 Å². The smallest absolute Gasteiger partial charge is 0.161 e. The Labute approximate surface area is 116 Å². The standard InChI is InChI=1S/C16H25NO2/c1-2-18-14-8-4-5-9-15(14)19-13-12-16(17)10-6-3-7-11-16/h4-5,8-9H,2-3,6-7,10-13,17H2,1H3. The quantitative estimate of drug-likeness (QED) is 0.854. The first-order valence-electron chi connectivity index (χ1n) is 7.37. The first-order chi connectivity index (χ1) is 9.23. The van der Waals surface area contributed by atoms with Gasteiger partial charge in [0, 0.05) is 5.54 Å². The predicted octanol–water partition coefficient (Wildman–Crippen LogP) is 3.52. The van der Waals surface area contributed by atoms with Crippen molar-refractivity contribution in [2.45, 2.75) is 51.0 Å². The van der Waals surface area contributed by atoms with E-state index in [2.05, 4.69) is 0 Å². The van der Waals surface area contributed by atoms with Crippen LogP contribution in [0, 0.1) is 0 Å². The summed E-state index contributed by atoms with van der Waals surface area (Å²) in [6.07, 6.45) is 7.02. The second-order valence-electron chi connectivity index (χ2n) is 5.40. The third-order valence-corrected chi connectivity index (χ3v) is 3.86. The van der Waals surface area contributed by atoms with Crippen molar-refractivity contribution >= 4 is 0 Å². The highest BCUT2D eigenvalue weighted by Gasteiger charge is 2.27. The number of hydrogen-bond acceptors (Lipinski definition) is 3. The number of benzene rings is 1. The Kier molecular flexibility index (Phi) is 5.08. The van der Waals surface area contributed by atoms with Crippen LogP contribution in [0.15, 0.2) is 24.3 Å². The summed E-state index contributed by atoms with van der Waals surface area (Å²) < 4.78 is 11.4. The molecule has 1 aromatic carbocycles. The highest BCUT2D eigenvalue weighted by Crippen LogP contribution is 2.30. The van der Waals surface area contributed by atoms with Gasteiger partial charge >= 0.3 is 0 Å². The zero-order valence-electron chi connectivity index (χ0n) is 11.9. The van der Waals surface area contributed by atoms with Gasteiger partial charge in [-0.3, -0.25) is 0 Å². The topological polar surface area (TPSA) is 44.5 Å². The van der Waals surface area contributed by atoms with E-state index in [0.717, 1.165) is 30.8 Å². The van der Waals surface area contributed by atoms with Gasteiger partial charge in [0.1, 0.15) is 0 Å². The normalized spacial score (nSPS) is 18.0. The van der Waals surface area contributed by atoms with E-state index in [1.165, 1.54) is 19.3 Å². The molecule has 0 radical (unpaired) electrons. The van der Waals surface area contributed by atoms with Gasteiger partial charge < -0.3 is 15.2 Å². The maximum Gasteiger partial charge on any atom is 0.161 e. The molecule has 0 saturated heterocycles. The summed E-state index contributed by atoms with van der Waals surface area (Å²) in [4.78, 5) is 0. The lowest BCUT2D eigenvalue weighted by Gasteiger charge is -2.33. The van der Waals surface area contributed by atoms with Crippen molar-refractivity contribution in [1.29, 1.82) is 0 Å². The molecule has 2 N–H and O–H groups in total. The van der Waals surface area contributed by atoms with Gasteiger partial charge in [0.05, 0.1) is 13.2 Å². The molecular weight excluding hydrogens is 238 g/mol. The SMILES string of the molecule is CCOc1ccccc1OCCC1(N)CCCCC1. The van der Waals surface area contributed by atoms with Gasteiger partial charge in [0.15, 0.2) is 11.5 Å². The third kappa shape index (κ3) is 4.13. The average molecular weight is 263 g/mol. The lowest BCUT2D eigenvalue weighted by Crippen LogP contribution is -2.42. The maximum atomic E-state index is 6.41. The van der Waals surface area contributed by atoms with Crippen LogP contribution >= 0.6 is 0 Å². The van der Waals surface area contributed by atoms with Crippen molar-refractivity contribution in [2.24, 2.45) is 5.73 Å². The Bertz CT molecular complexity index is 386. The van der Waals surface area contributed by atoms with E-state index < -0.39 is 0 Å². The van der Waals surface area contributed by atoms with Crippen LogP contribution in [0.5, 0.6) is 11.5 Å². The van der Waals surface area contributed by atoms with Gasteiger partial charge in [-0.1, -0.05) is 31.4 Å². The van der Waals surface area contributed by atoms with E-state index in [0.29, 0.717) is 13.2 Å². The lowest BCUT2D eigenvalue weighted by molar-refractivity contribution is 0.207. The summed E-state index contributed by atoms with van der Waals surface area (Å²) in [5, 5.41) is 0. The molecule has 1 saturated carbocycles. The molecule has 3 heteroatoms. The molecule has 3 nitrogen and oxygen atoms in total. The molecule has 0 aromatic heterocycles. The minimum Gasteiger partial charge on any atom is -0.490 e. The molecule has 1 fully saturated rings. The first-order valence-corrected chi connectivity index (χ1v) is 7.37. The Morgan fingerprint density at radius 1 is 1.05 bits per heavy atom. The van der Waals surface area contributed by atoms with E-state index in [-0.39, 0.29) is 5.54 Å². The van der Waals surface area contributed by atoms with Crippen molar-refractivity contribution in [1.82, 2.24) is 0 Å². The predicted molar refractivity (Wildman–Crippen MR) is 77.7 cm³/mol. The fraction of sp³-hybridized carbons (Fsp3) is 0.625. The van der Waals surface area contributed by atoms with Gasteiger partial charge in [-0.05, 0) is 38.3 Å². The van der Waals surface area contributed by atoms with E-state index in [4.69, 9.17) is 15.2 Å². The molecule has 1 aliphatic rings. The molecule has 19 heavy (non-hydrogen) atoms. The zero-order valence-corrected chi connectivity index (χ0v) is 11.9. The highest BCUT2D eigenvalue weighted by atomic mass is 16.5. The first kappa shape index (κ1) is 14.2. The van der Waals surface area contributed by atoms with Gasteiger partial charge in [0.2, 0.25) is 0 Å². The largest absolute Gasteiger partial charge is 0.490 e. The second kappa shape index (κ2) is 6.80. The molecule has 1 aromatic rings. The van der Waals surface area contributed by atoms with E-state index in [9.17, 15) is 0 Å². The number of ether oxygens (including phenoxy) is 2. The fourth-order valence-corrected chi connectivity index (χ4v) is 2.71. The Hall–Kier alpha value is -1.22. The zero-order chi connectivity index (χ0) is 13.6. The lowest BCUT2D eigenvalue weighted by atomic mass is 9.80. The molecule has 0 heterocycles. The monoisotopic (exact) mass is 263 g/mol. The van der Waals surface area contributed by atoms with Crippen LogP contribution in [0.4, 0.5) is 0 Å². The fourth-order valence-electron chi connectivity index (χ4n) is 2.71. The van der Waals surface area contributed by atoms with Crippen LogP contribution < -0.4 is 15.2 Å². The molecule has 0 amide bonds.